The van der Waals surface area contributed by atoms with Gasteiger partial charge in [0.2, 0.25) is 5.91 Å². The molecule has 0 saturated carbocycles. The Kier molecular flexibility index (Phi) is 3.96. The maximum absolute atomic E-state index is 11.7. The lowest BCUT2D eigenvalue weighted by Crippen LogP contribution is -2.33. The van der Waals surface area contributed by atoms with Crippen LogP contribution in [0.15, 0.2) is 6.20 Å². The third-order valence-corrected chi connectivity index (χ3v) is 2.45. The molecule has 2 N–H and O–H groups in total. The average molecular weight is 231 g/mol. The van der Waals surface area contributed by atoms with E-state index in [2.05, 4.69) is 5.10 Å². The van der Waals surface area contributed by atoms with Gasteiger partial charge in [0.25, 0.3) is 0 Å². The van der Waals surface area contributed by atoms with Gasteiger partial charge in [-0.3, -0.25) is 9.48 Å². The summed E-state index contributed by atoms with van der Waals surface area (Å²) in [7, 11) is 0. The Morgan fingerprint density at radius 1 is 1.60 bits per heavy atom. The monoisotopic (exact) mass is 230 g/mol. The van der Waals surface area contributed by atoms with Crippen LogP contribution in [0.4, 0.5) is 5.82 Å². The summed E-state index contributed by atoms with van der Waals surface area (Å²) in [5.41, 5.74) is 5.47. The molecule has 1 rings (SSSR count). The molecule has 0 spiro atoms. The SMILES string of the molecule is CCN(CC)C(=O)Cn1cc(Cl)c(N)n1. The second-order valence-electron chi connectivity index (χ2n) is 3.13. The number of nitrogen functional groups attached to an aromatic ring is 1. The summed E-state index contributed by atoms with van der Waals surface area (Å²) in [5.74, 6) is 0.267. The van der Waals surface area contributed by atoms with E-state index < -0.39 is 0 Å². The van der Waals surface area contributed by atoms with Gasteiger partial charge < -0.3 is 10.6 Å². The fourth-order valence-corrected chi connectivity index (χ4v) is 1.46. The molecule has 84 valence electrons. The third kappa shape index (κ3) is 2.86. The number of nitrogens with zero attached hydrogens (tertiary/aromatic N) is 3. The third-order valence-electron chi connectivity index (χ3n) is 2.16. The molecule has 15 heavy (non-hydrogen) atoms. The summed E-state index contributed by atoms with van der Waals surface area (Å²) in [6.07, 6.45) is 1.55. The molecule has 0 unspecified atom stereocenters. The largest absolute Gasteiger partial charge is 0.381 e. The second-order valence-corrected chi connectivity index (χ2v) is 3.53. The molecule has 5 nitrogen and oxygen atoms in total. The summed E-state index contributed by atoms with van der Waals surface area (Å²) < 4.78 is 1.46. The highest BCUT2D eigenvalue weighted by Crippen LogP contribution is 2.15. The van der Waals surface area contributed by atoms with Gasteiger partial charge in [0, 0.05) is 19.3 Å². The number of carbonyl (C=O) groups is 1. The number of anilines is 1. The van der Waals surface area contributed by atoms with Crippen LogP contribution in [0, 0.1) is 0 Å². The molecule has 0 fully saturated rings. The lowest BCUT2D eigenvalue weighted by molar-refractivity contribution is -0.131. The fraction of sp³-hybridized carbons (Fsp3) is 0.556. The van der Waals surface area contributed by atoms with Gasteiger partial charge in [-0.25, -0.2) is 0 Å². The number of likely N-dealkylation sites (N-methyl/N-ethyl adjacent to an activating group) is 1. The van der Waals surface area contributed by atoms with E-state index in [1.165, 1.54) is 4.68 Å². The molecule has 0 bridgehead atoms. The first-order chi connectivity index (χ1) is 7.08. The molecule has 0 aliphatic rings. The highest BCUT2D eigenvalue weighted by atomic mass is 35.5. The van der Waals surface area contributed by atoms with E-state index in [4.69, 9.17) is 17.3 Å². The highest BCUT2D eigenvalue weighted by Gasteiger charge is 2.11. The van der Waals surface area contributed by atoms with Crippen LogP contribution in [0.1, 0.15) is 13.8 Å². The molecule has 1 amide bonds. The molecular weight excluding hydrogens is 216 g/mol. The van der Waals surface area contributed by atoms with Crippen molar-refractivity contribution in [3.63, 3.8) is 0 Å². The van der Waals surface area contributed by atoms with Crippen LogP contribution >= 0.6 is 11.6 Å². The van der Waals surface area contributed by atoms with Crippen LogP contribution in [-0.4, -0.2) is 33.7 Å². The minimum absolute atomic E-state index is 0.0131. The molecule has 0 aliphatic heterocycles. The molecule has 0 atom stereocenters. The Hall–Kier alpha value is -1.23. The first kappa shape index (κ1) is 11.8. The number of halogens is 1. The fourth-order valence-electron chi connectivity index (χ4n) is 1.31. The van der Waals surface area contributed by atoms with Gasteiger partial charge in [-0.2, -0.15) is 5.10 Å². The summed E-state index contributed by atoms with van der Waals surface area (Å²) in [5, 5.41) is 4.29. The Morgan fingerprint density at radius 2 is 2.20 bits per heavy atom. The highest BCUT2D eigenvalue weighted by molar-refractivity contribution is 6.32. The van der Waals surface area contributed by atoms with Crippen LogP contribution in [0.2, 0.25) is 5.02 Å². The van der Waals surface area contributed by atoms with Gasteiger partial charge in [0.05, 0.1) is 0 Å². The Bertz CT molecular complexity index is 326. The lowest BCUT2D eigenvalue weighted by Gasteiger charge is -2.18. The topological polar surface area (TPSA) is 64.2 Å². The van der Waals surface area contributed by atoms with E-state index in [1.54, 1.807) is 11.1 Å². The van der Waals surface area contributed by atoms with Crippen molar-refractivity contribution in [2.24, 2.45) is 0 Å². The van der Waals surface area contributed by atoms with Gasteiger partial charge in [-0.1, -0.05) is 11.6 Å². The predicted molar refractivity (Wildman–Crippen MR) is 59.6 cm³/mol. The van der Waals surface area contributed by atoms with E-state index in [0.29, 0.717) is 18.1 Å². The maximum atomic E-state index is 11.7. The van der Waals surface area contributed by atoms with Crippen molar-refractivity contribution in [1.82, 2.24) is 14.7 Å². The summed E-state index contributed by atoms with van der Waals surface area (Å²) in [6.45, 7) is 5.44. The van der Waals surface area contributed by atoms with Crippen LogP contribution in [0.5, 0.6) is 0 Å². The molecular formula is C9H15ClN4O. The van der Waals surface area contributed by atoms with Crippen molar-refractivity contribution in [3.05, 3.63) is 11.2 Å². The van der Waals surface area contributed by atoms with E-state index in [-0.39, 0.29) is 18.3 Å². The Balaban J connectivity index is 2.65. The standard InChI is InChI=1S/C9H15ClN4O/c1-3-13(4-2)8(15)6-14-5-7(10)9(11)12-14/h5H,3-4,6H2,1-2H3,(H2,11,12). The average Bonchev–Trinajstić information content (AvgIpc) is 2.47. The first-order valence-electron chi connectivity index (χ1n) is 4.84. The molecule has 1 heterocycles. The normalized spacial score (nSPS) is 10.3. The van der Waals surface area contributed by atoms with E-state index in [9.17, 15) is 4.79 Å². The van der Waals surface area contributed by atoms with Crippen molar-refractivity contribution in [3.8, 4) is 0 Å². The van der Waals surface area contributed by atoms with E-state index in [1.807, 2.05) is 13.8 Å². The van der Waals surface area contributed by atoms with Gasteiger partial charge in [0.1, 0.15) is 11.6 Å². The number of carbonyl (C=O) groups excluding carboxylic acids is 1. The molecule has 6 heteroatoms. The summed E-state index contributed by atoms with van der Waals surface area (Å²) in [4.78, 5) is 13.4. The van der Waals surface area contributed by atoms with Crippen molar-refractivity contribution in [2.75, 3.05) is 18.8 Å². The van der Waals surface area contributed by atoms with Gasteiger partial charge in [-0.15, -0.1) is 0 Å². The molecule has 0 aromatic carbocycles. The molecule has 0 aliphatic carbocycles. The smallest absolute Gasteiger partial charge is 0.244 e. The second kappa shape index (κ2) is 5.02. The zero-order chi connectivity index (χ0) is 11.4. The number of aromatic nitrogens is 2. The number of amides is 1. The Morgan fingerprint density at radius 3 is 2.60 bits per heavy atom. The number of rotatable bonds is 4. The number of nitrogens with two attached hydrogens (primary N) is 1. The molecule has 1 aromatic heterocycles. The summed E-state index contributed by atoms with van der Waals surface area (Å²) >= 11 is 5.73. The number of hydrogen-bond donors (Lipinski definition) is 1. The lowest BCUT2D eigenvalue weighted by atomic mass is 10.4. The number of hydrogen-bond acceptors (Lipinski definition) is 3. The first-order valence-corrected chi connectivity index (χ1v) is 5.22. The zero-order valence-corrected chi connectivity index (χ0v) is 9.66. The van der Waals surface area contributed by atoms with Gasteiger partial charge in [0.15, 0.2) is 5.82 Å². The van der Waals surface area contributed by atoms with Crippen LogP contribution in [-0.2, 0) is 11.3 Å². The van der Waals surface area contributed by atoms with E-state index in [0.717, 1.165) is 0 Å². The molecule has 0 saturated heterocycles. The van der Waals surface area contributed by atoms with E-state index >= 15 is 0 Å². The van der Waals surface area contributed by atoms with Crippen molar-refractivity contribution in [1.29, 1.82) is 0 Å². The van der Waals surface area contributed by atoms with Crippen molar-refractivity contribution >= 4 is 23.3 Å². The minimum atomic E-state index is 0.0131. The maximum Gasteiger partial charge on any atom is 0.244 e. The Labute approximate surface area is 93.8 Å². The van der Waals surface area contributed by atoms with Crippen LogP contribution < -0.4 is 5.73 Å². The molecule has 0 radical (unpaired) electrons. The van der Waals surface area contributed by atoms with Crippen molar-refractivity contribution in [2.45, 2.75) is 20.4 Å². The minimum Gasteiger partial charge on any atom is -0.381 e. The van der Waals surface area contributed by atoms with Crippen LogP contribution in [0.25, 0.3) is 0 Å². The zero-order valence-electron chi connectivity index (χ0n) is 8.90. The van der Waals surface area contributed by atoms with Gasteiger partial charge >= 0.3 is 0 Å². The predicted octanol–water partition coefficient (Wildman–Crippen LogP) is 0.987. The van der Waals surface area contributed by atoms with Gasteiger partial charge in [-0.05, 0) is 13.8 Å². The molecule has 1 aromatic rings. The van der Waals surface area contributed by atoms with Crippen molar-refractivity contribution < 1.29 is 4.79 Å². The quantitative estimate of drug-likeness (QED) is 0.839. The van der Waals surface area contributed by atoms with Crippen LogP contribution in [0.3, 0.4) is 0 Å². The summed E-state index contributed by atoms with van der Waals surface area (Å²) in [6, 6.07) is 0.